The summed E-state index contributed by atoms with van der Waals surface area (Å²) in [6.45, 7) is 5.05. The first-order chi connectivity index (χ1) is 9.58. The summed E-state index contributed by atoms with van der Waals surface area (Å²) in [5.74, 6) is 0.955. The second-order valence-electron chi connectivity index (χ2n) is 4.64. The molecule has 0 amide bonds. The standard InChI is InChI=1S/C14H20BrN3OS/c1-5-16-10(14-12(19-4)6-7-20-14)8-11-13(15)9(2)17-18(11)3/h6-7,10,16H,5,8H2,1-4H3. The second-order valence-corrected chi connectivity index (χ2v) is 6.38. The Morgan fingerprint density at radius 2 is 2.30 bits per heavy atom. The normalized spacial score (nSPS) is 12.7. The fourth-order valence-corrected chi connectivity index (χ4v) is 3.77. The molecule has 0 aromatic carbocycles. The van der Waals surface area contributed by atoms with Crippen molar-refractivity contribution in [1.82, 2.24) is 15.1 Å². The van der Waals surface area contributed by atoms with Crippen molar-refractivity contribution in [2.75, 3.05) is 13.7 Å². The van der Waals surface area contributed by atoms with Gasteiger partial charge >= 0.3 is 0 Å². The number of hydrogen-bond acceptors (Lipinski definition) is 4. The molecule has 1 N–H and O–H groups in total. The molecule has 0 radical (unpaired) electrons. The number of thiophene rings is 1. The predicted octanol–water partition coefficient (Wildman–Crippen LogP) is 3.45. The lowest BCUT2D eigenvalue weighted by molar-refractivity contribution is 0.402. The molecule has 1 atom stereocenters. The number of aryl methyl sites for hydroxylation is 2. The lowest BCUT2D eigenvalue weighted by Crippen LogP contribution is -2.23. The van der Waals surface area contributed by atoms with E-state index in [4.69, 9.17) is 4.74 Å². The van der Waals surface area contributed by atoms with E-state index in [0.717, 1.165) is 28.9 Å². The number of rotatable bonds is 6. The highest BCUT2D eigenvalue weighted by Gasteiger charge is 2.21. The van der Waals surface area contributed by atoms with Crippen LogP contribution in [0.15, 0.2) is 15.9 Å². The van der Waals surface area contributed by atoms with Gasteiger partial charge in [-0.15, -0.1) is 11.3 Å². The van der Waals surface area contributed by atoms with E-state index in [1.54, 1.807) is 18.4 Å². The smallest absolute Gasteiger partial charge is 0.134 e. The minimum atomic E-state index is 0.237. The molecule has 0 spiro atoms. The maximum Gasteiger partial charge on any atom is 0.134 e. The van der Waals surface area contributed by atoms with Crippen LogP contribution in [0.4, 0.5) is 0 Å². The zero-order valence-corrected chi connectivity index (χ0v) is 14.6. The summed E-state index contributed by atoms with van der Waals surface area (Å²) in [7, 11) is 3.71. The van der Waals surface area contributed by atoms with Gasteiger partial charge in [-0.1, -0.05) is 6.92 Å². The number of ether oxygens (including phenoxy) is 1. The third-order valence-corrected chi connectivity index (χ3v) is 5.35. The van der Waals surface area contributed by atoms with Crippen LogP contribution in [0, 0.1) is 6.92 Å². The van der Waals surface area contributed by atoms with Gasteiger partial charge in [0.05, 0.1) is 33.9 Å². The minimum absolute atomic E-state index is 0.237. The molecule has 0 aliphatic heterocycles. The van der Waals surface area contributed by atoms with Gasteiger partial charge in [0.2, 0.25) is 0 Å². The molecular weight excluding hydrogens is 338 g/mol. The number of nitrogens with zero attached hydrogens (tertiary/aromatic N) is 2. The van der Waals surface area contributed by atoms with Crippen LogP contribution in [0.3, 0.4) is 0 Å². The zero-order valence-electron chi connectivity index (χ0n) is 12.2. The molecule has 2 aromatic heterocycles. The van der Waals surface area contributed by atoms with Gasteiger partial charge < -0.3 is 10.1 Å². The maximum absolute atomic E-state index is 5.45. The van der Waals surface area contributed by atoms with Crippen LogP contribution in [0.1, 0.15) is 29.2 Å². The van der Waals surface area contributed by atoms with Crippen LogP contribution < -0.4 is 10.1 Å². The van der Waals surface area contributed by atoms with E-state index in [-0.39, 0.29) is 6.04 Å². The van der Waals surface area contributed by atoms with Crippen molar-refractivity contribution >= 4 is 27.3 Å². The maximum atomic E-state index is 5.45. The highest BCUT2D eigenvalue weighted by Crippen LogP contribution is 2.34. The Kier molecular flexibility index (Phi) is 5.23. The highest BCUT2D eigenvalue weighted by atomic mass is 79.9. The van der Waals surface area contributed by atoms with Gasteiger partial charge in [-0.05, 0) is 40.8 Å². The first-order valence-electron chi connectivity index (χ1n) is 6.61. The number of hydrogen-bond donors (Lipinski definition) is 1. The van der Waals surface area contributed by atoms with E-state index in [2.05, 4.69) is 38.6 Å². The number of halogens is 1. The molecule has 6 heteroatoms. The van der Waals surface area contributed by atoms with Crippen molar-refractivity contribution in [3.63, 3.8) is 0 Å². The van der Waals surface area contributed by atoms with Crippen molar-refractivity contribution in [2.45, 2.75) is 26.3 Å². The van der Waals surface area contributed by atoms with Gasteiger partial charge in [-0.25, -0.2) is 0 Å². The van der Waals surface area contributed by atoms with Gasteiger partial charge in [0, 0.05) is 13.5 Å². The lowest BCUT2D eigenvalue weighted by Gasteiger charge is -2.18. The zero-order chi connectivity index (χ0) is 14.7. The molecule has 0 bridgehead atoms. The monoisotopic (exact) mass is 357 g/mol. The summed E-state index contributed by atoms with van der Waals surface area (Å²) < 4.78 is 8.50. The van der Waals surface area contributed by atoms with Gasteiger partial charge in [-0.3, -0.25) is 4.68 Å². The van der Waals surface area contributed by atoms with Crippen molar-refractivity contribution in [3.8, 4) is 5.75 Å². The number of aromatic nitrogens is 2. The Hall–Kier alpha value is -0.850. The van der Waals surface area contributed by atoms with Gasteiger partial charge in [-0.2, -0.15) is 5.10 Å². The quantitative estimate of drug-likeness (QED) is 0.860. The van der Waals surface area contributed by atoms with E-state index < -0.39 is 0 Å². The molecule has 2 aromatic rings. The Morgan fingerprint density at radius 1 is 1.55 bits per heavy atom. The van der Waals surface area contributed by atoms with E-state index in [1.807, 2.05) is 24.7 Å². The molecule has 4 nitrogen and oxygen atoms in total. The lowest BCUT2D eigenvalue weighted by atomic mass is 10.1. The molecule has 2 heterocycles. The Balaban J connectivity index is 2.30. The van der Waals surface area contributed by atoms with Crippen molar-refractivity contribution in [3.05, 3.63) is 32.2 Å². The molecule has 0 aliphatic rings. The highest BCUT2D eigenvalue weighted by molar-refractivity contribution is 9.10. The predicted molar refractivity (Wildman–Crippen MR) is 86.6 cm³/mol. The van der Waals surface area contributed by atoms with E-state index >= 15 is 0 Å². The topological polar surface area (TPSA) is 39.1 Å². The Labute approximate surface area is 132 Å². The number of methoxy groups -OCH3 is 1. The van der Waals surface area contributed by atoms with Crippen LogP contribution in [0.5, 0.6) is 5.75 Å². The molecule has 20 heavy (non-hydrogen) atoms. The Morgan fingerprint density at radius 3 is 2.85 bits per heavy atom. The fraction of sp³-hybridized carbons (Fsp3) is 0.500. The third kappa shape index (κ3) is 3.07. The van der Waals surface area contributed by atoms with Crippen molar-refractivity contribution in [2.24, 2.45) is 7.05 Å². The van der Waals surface area contributed by atoms with Gasteiger partial charge in [0.15, 0.2) is 0 Å². The van der Waals surface area contributed by atoms with Crippen LogP contribution in [-0.4, -0.2) is 23.4 Å². The Bertz CT molecular complexity index is 579. The largest absolute Gasteiger partial charge is 0.496 e. The fourth-order valence-electron chi connectivity index (χ4n) is 2.33. The second kappa shape index (κ2) is 6.74. The van der Waals surface area contributed by atoms with E-state index in [1.165, 1.54) is 10.6 Å². The first kappa shape index (κ1) is 15.5. The summed E-state index contributed by atoms with van der Waals surface area (Å²) in [5.41, 5.74) is 2.22. The molecule has 1 unspecified atom stereocenters. The minimum Gasteiger partial charge on any atom is -0.496 e. The molecular formula is C14H20BrN3OS. The molecule has 0 fully saturated rings. The SMILES string of the molecule is CCNC(Cc1c(Br)c(C)nn1C)c1sccc1OC. The average Bonchev–Trinajstić information content (AvgIpc) is 2.98. The van der Waals surface area contributed by atoms with Crippen molar-refractivity contribution < 1.29 is 4.74 Å². The van der Waals surface area contributed by atoms with Crippen molar-refractivity contribution in [1.29, 1.82) is 0 Å². The number of nitrogens with one attached hydrogen (secondary N) is 1. The molecule has 2 rings (SSSR count). The molecule has 0 saturated carbocycles. The first-order valence-corrected chi connectivity index (χ1v) is 8.28. The van der Waals surface area contributed by atoms with Crippen LogP contribution >= 0.6 is 27.3 Å². The summed E-state index contributed by atoms with van der Waals surface area (Å²) in [4.78, 5) is 1.24. The summed E-state index contributed by atoms with van der Waals surface area (Å²) >= 11 is 5.37. The molecule has 0 aliphatic carbocycles. The number of likely N-dealkylation sites (N-methyl/N-ethyl adjacent to an activating group) is 1. The van der Waals surface area contributed by atoms with E-state index in [0.29, 0.717) is 0 Å². The van der Waals surface area contributed by atoms with Crippen LogP contribution in [-0.2, 0) is 13.5 Å². The van der Waals surface area contributed by atoms with Crippen LogP contribution in [0.25, 0.3) is 0 Å². The molecule has 110 valence electrons. The van der Waals surface area contributed by atoms with Gasteiger partial charge in [0.25, 0.3) is 0 Å². The average molecular weight is 358 g/mol. The van der Waals surface area contributed by atoms with E-state index in [9.17, 15) is 0 Å². The summed E-state index contributed by atoms with van der Waals surface area (Å²) in [6, 6.07) is 2.26. The summed E-state index contributed by atoms with van der Waals surface area (Å²) in [5, 5.41) is 10.1. The molecule has 0 saturated heterocycles. The van der Waals surface area contributed by atoms with Gasteiger partial charge in [0.1, 0.15) is 5.75 Å². The van der Waals surface area contributed by atoms with Crippen LogP contribution in [0.2, 0.25) is 0 Å². The summed E-state index contributed by atoms with van der Waals surface area (Å²) in [6.07, 6.45) is 0.878. The third-order valence-electron chi connectivity index (χ3n) is 3.30.